The van der Waals surface area contributed by atoms with Crippen LogP contribution in [0.25, 0.3) is 0 Å². The zero-order valence-corrected chi connectivity index (χ0v) is 21.4. The lowest BCUT2D eigenvalue weighted by Crippen LogP contribution is -2.44. The van der Waals surface area contributed by atoms with E-state index in [2.05, 4.69) is 11.8 Å². The van der Waals surface area contributed by atoms with Gasteiger partial charge in [-0.2, -0.15) is 0 Å². The Balaban J connectivity index is 1.88. The summed E-state index contributed by atoms with van der Waals surface area (Å²) >= 11 is 0. The number of rotatable bonds is 6. The zero-order chi connectivity index (χ0) is 24.5. The largest absolute Gasteiger partial charge is 0.341 e. The average Bonchev–Trinajstić information content (AvgIpc) is 3.29. The summed E-state index contributed by atoms with van der Waals surface area (Å²) in [4.78, 5) is 28.0. The molecule has 1 saturated heterocycles. The Morgan fingerprint density at radius 2 is 1.74 bits per heavy atom. The van der Waals surface area contributed by atoms with Crippen LogP contribution in [0.3, 0.4) is 0 Å². The molecule has 0 bridgehead atoms. The van der Waals surface area contributed by atoms with Crippen molar-refractivity contribution in [2.24, 2.45) is 5.92 Å². The minimum atomic E-state index is -0.405. The summed E-state index contributed by atoms with van der Waals surface area (Å²) in [6.45, 7) is 12.3. The number of aromatic nitrogens is 2. The monoisotopic (exact) mass is 466 g/mol. The number of amides is 1. The summed E-state index contributed by atoms with van der Waals surface area (Å²) in [7, 11) is 0. The highest BCUT2D eigenvalue weighted by atomic mass is 19.1. The number of halogens is 1. The first-order chi connectivity index (χ1) is 16.2. The average molecular weight is 467 g/mol. The predicted molar refractivity (Wildman–Crippen MR) is 135 cm³/mol. The number of hydrogen-bond acceptors (Lipinski definition) is 4. The van der Waals surface area contributed by atoms with E-state index in [1.54, 1.807) is 6.20 Å². The van der Waals surface area contributed by atoms with Gasteiger partial charge in [0, 0.05) is 36.8 Å². The number of benzene rings is 1. The van der Waals surface area contributed by atoms with Gasteiger partial charge in [0.05, 0.1) is 11.3 Å². The Bertz CT molecular complexity index is 990. The van der Waals surface area contributed by atoms with Crippen LogP contribution < -0.4 is 4.90 Å². The van der Waals surface area contributed by atoms with Crippen LogP contribution in [0.4, 0.5) is 10.3 Å². The van der Waals surface area contributed by atoms with Crippen molar-refractivity contribution in [1.29, 1.82) is 0 Å². The van der Waals surface area contributed by atoms with Crippen molar-refractivity contribution < 1.29 is 9.18 Å². The third kappa shape index (κ3) is 4.69. The van der Waals surface area contributed by atoms with E-state index in [1.807, 2.05) is 44.7 Å². The minimum absolute atomic E-state index is 0.0213. The molecule has 0 radical (unpaired) electrons. The summed E-state index contributed by atoms with van der Waals surface area (Å²) in [5.41, 5.74) is 2.04. The summed E-state index contributed by atoms with van der Waals surface area (Å²) in [5, 5.41) is 0. The molecule has 1 unspecified atom stereocenters. The molecule has 2 heterocycles. The van der Waals surface area contributed by atoms with E-state index < -0.39 is 5.41 Å². The van der Waals surface area contributed by atoms with Crippen molar-refractivity contribution in [3.05, 3.63) is 53.1 Å². The lowest BCUT2D eigenvalue weighted by atomic mass is 9.74. The van der Waals surface area contributed by atoms with Crippen molar-refractivity contribution in [3.63, 3.8) is 0 Å². The Morgan fingerprint density at radius 1 is 1.09 bits per heavy atom. The summed E-state index contributed by atoms with van der Waals surface area (Å²) in [6, 6.07) is 6.94. The first-order valence-corrected chi connectivity index (χ1v) is 12.9. The normalized spacial score (nSPS) is 20.2. The summed E-state index contributed by atoms with van der Waals surface area (Å²) < 4.78 is 13.8. The maximum atomic E-state index is 13.9. The standard InChI is InChI=1S/C28H39FN4O/c1-19(2)33(20(3)4)26(34)24-17-30-27(32-16-8-9-21(5)18-32)31-25(24)28(14-6-7-15-28)22-10-12-23(29)13-11-22/h10-13,17,19-21H,6-9,14-16,18H2,1-5H3. The summed E-state index contributed by atoms with van der Waals surface area (Å²) in [6.07, 6.45) is 8.02. The highest BCUT2D eigenvalue weighted by Crippen LogP contribution is 2.47. The van der Waals surface area contributed by atoms with Gasteiger partial charge < -0.3 is 9.80 Å². The number of anilines is 1. The Morgan fingerprint density at radius 3 is 2.32 bits per heavy atom. The fraction of sp³-hybridized carbons (Fsp3) is 0.607. The smallest absolute Gasteiger partial charge is 0.257 e. The van der Waals surface area contributed by atoms with Crippen LogP contribution in [-0.4, -0.2) is 45.9 Å². The van der Waals surface area contributed by atoms with Crippen molar-refractivity contribution >= 4 is 11.9 Å². The SMILES string of the molecule is CC1CCCN(c2ncc(C(=O)N(C(C)C)C(C)C)c(C3(c4ccc(F)cc4)CCCC3)n2)C1. The molecule has 1 amide bonds. The van der Waals surface area contributed by atoms with Gasteiger partial charge in [-0.3, -0.25) is 4.79 Å². The Kier molecular flexibility index (Phi) is 7.25. The Labute approximate surface area is 203 Å². The van der Waals surface area contributed by atoms with Gasteiger partial charge in [0.25, 0.3) is 5.91 Å². The molecule has 6 heteroatoms. The van der Waals surface area contributed by atoms with Gasteiger partial charge in [-0.25, -0.2) is 14.4 Å². The second-order valence-electron chi connectivity index (χ2n) is 10.8. The van der Waals surface area contributed by atoms with E-state index >= 15 is 0 Å². The molecule has 34 heavy (non-hydrogen) atoms. The minimum Gasteiger partial charge on any atom is -0.341 e. The van der Waals surface area contributed by atoms with E-state index in [9.17, 15) is 9.18 Å². The van der Waals surface area contributed by atoms with Gasteiger partial charge in [0.15, 0.2) is 0 Å². The zero-order valence-electron chi connectivity index (χ0n) is 21.4. The molecule has 2 aliphatic rings. The molecule has 1 aliphatic heterocycles. The van der Waals surface area contributed by atoms with Crippen molar-refractivity contribution in [1.82, 2.24) is 14.9 Å². The van der Waals surface area contributed by atoms with Gasteiger partial charge in [-0.15, -0.1) is 0 Å². The lowest BCUT2D eigenvalue weighted by molar-refractivity contribution is 0.0640. The molecular formula is C28H39FN4O. The Hall–Kier alpha value is -2.50. The van der Waals surface area contributed by atoms with Gasteiger partial charge in [0.1, 0.15) is 5.82 Å². The molecule has 0 spiro atoms. The van der Waals surface area contributed by atoms with Crippen molar-refractivity contribution in [3.8, 4) is 0 Å². The van der Waals surface area contributed by atoms with Crippen LogP contribution in [0.15, 0.2) is 30.5 Å². The first kappa shape index (κ1) is 24.6. The first-order valence-electron chi connectivity index (χ1n) is 12.9. The molecule has 5 nitrogen and oxygen atoms in total. The molecule has 2 aromatic rings. The van der Waals surface area contributed by atoms with Crippen LogP contribution in [-0.2, 0) is 5.41 Å². The van der Waals surface area contributed by atoms with Gasteiger partial charge >= 0.3 is 0 Å². The molecule has 1 atom stereocenters. The topological polar surface area (TPSA) is 49.3 Å². The molecule has 2 fully saturated rings. The second-order valence-corrected chi connectivity index (χ2v) is 10.8. The highest BCUT2D eigenvalue weighted by Gasteiger charge is 2.43. The third-order valence-electron chi connectivity index (χ3n) is 7.60. The number of piperidine rings is 1. The molecule has 1 aromatic heterocycles. The number of hydrogen-bond donors (Lipinski definition) is 0. The molecule has 184 valence electrons. The van der Waals surface area contributed by atoms with Gasteiger partial charge in [-0.1, -0.05) is 31.9 Å². The van der Waals surface area contributed by atoms with E-state index in [0.717, 1.165) is 56.5 Å². The fourth-order valence-corrected chi connectivity index (χ4v) is 6.03. The number of carbonyl (C=O) groups is 1. The number of carbonyl (C=O) groups excluding carboxylic acids is 1. The van der Waals surface area contributed by atoms with Crippen LogP contribution in [0.2, 0.25) is 0 Å². The van der Waals surface area contributed by atoms with Crippen molar-refractivity contribution in [2.45, 2.75) is 90.6 Å². The molecule has 1 aromatic carbocycles. The maximum absolute atomic E-state index is 13.9. The molecule has 0 N–H and O–H groups in total. The number of nitrogens with zero attached hydrogens (tertiary/aromatic N) is 4. The highest BCUT2D eigenvalue weighted by molar-refractivity contribution is 5.96. The quantitative estimate of drug-likeness (QED) is 0.526. The third-order valence-corrected chi connectivity index (χ3v) is 7.60. The predicted octanol–water partition coefficient (Wildman–Crippen LogP) is 5.97. The van der Waals surface area contributed by atoms with Crippen molar-refractivity contribution in [2.75, 3.05) is 18.0 Å². The van der Waals surface area contributed by atoms with Crippen LogP contribution >= 0.6 is 0 Å². The molecule has 1 saturated carbocycles. The maximum Gasteiger partial charge on any atom is 0.257 e. The van der Waals surface area contributed by atoms with Crippen LogP contribution in [0.1, 0.15) is 94.8 Å². The lowest BCUT2D eigenvalue weighted by Gasteiger charge is -2.36. The van der Waals surface area contributed by atoms with Crippen LogP contribution in [0.5, 0.6) is 0 Å². The molecular weight excluding hydrogens is 427 g/mol. The molecule has 4 rings (SSSR count). The van der Waals surface area contributed by atoms with Gasteiger partial charge in [-0.05, 0) is 77.0 Å². The van der Waals surface area contributed by atoms with Gasteiger partial charge in [0.2, 0.25) is 5.95 Å². The fourth-order valence-electron chi connectivity index (χ4n) is 6.03. The van der Waals surface area contributed by atoms with E-state index in [-0.39, 0.29) is 23.8 Å². The van der Waals surface area contributed by atoms with E-state index in [1.165, 1.54) is 18.6 Å². The van der Waals surface area contributed by atoms with E-state index in [0.29, 0.717) is 17.4 Å². The second kappa shape index (κ2) is 10.0. The van der Waals surface area contributed by atoms with Crippen LogP contribution in [0, 0.1) is 11.7 Å². The molecule has 1 aliphatic carbocycles. The van der Waals surface area contributed by atoms with E-state index in [4.69, 9.17) is 9.97 Å². The summed E-state index contributed by atoms with van der Waals surface area (Å²) in [5.74, 6) is 1.04.